The molecule has 102 valence electrons. The summed E-state index contributed by atoms with van der Waals surface area (Å²) in [6, 6.07) is 13.1. The van der Waals surface area contributed by atoms with Crippen LogP contribution in [-0.2, 0) is 4.79 Å². The fourth-order valence-corrected chi connectivity index (χ4v) is 2.04. The van der Waals surface area contributed by atoms with Crippen molar-refractivity contribution in [3.63, 3.8) is 0 Å². The summed E-state index contributed by atoms with van der Waals surface area (Å²) in [4.78, 5) is 11.9. The van der Waals surface area contributed by atoms with Crippen LogP contribution in [0.1, 0.15) is 11.1 Å². The molecule has 2 rings (SSSR count). The van der Waals surface area contributed by atoms with Gasteiger partial charge in [-0.15, -0.1) is 0 Å². The van der Waals surface area contributed by atoms with Crippen LogP contribution < -0.4 is 11.1 Å². The van der Waals surface area contributed by atoms with Gasteiger partial charge in [0.05, 0.1) is 0 Å². The molecule has 4 heteroatoms. The Morgan fingerprint density at radius 3 is 2.60 bits per heavy atom. The summed E-state index contributed by atoms with van der Waals surface area (Å²) in [5.41, 5.74) is 9.06. The molecule has 0 atom stereocenters. The zero-order valence-electron chi connectivity index (χ0n) is 11.1. The highest BCUT2D eigenvalue weighted by molar-refractivity contribution is 9.10. The molecule has 0 aliphatic carbocycles. The van der Waals surface area contributed by atoms with Crippen LogP contribution in [0.2, 0.25) is 0 Å². The van der Waals surface area contributed by atoms with Gasteiger partial charge in [-0.1, -0.05) is 34.1 Å². The maximum absolute atomic E-state index is 11.9. The zero-order valence-corrected chi connectivity index (χ0v) is 12.6. The molecule has 0 saturated carbocycles. The lowest BCUT2D eigenvalue weighted by molar-refractivity contribution is -0.111. The van der Waals surface area contributed by atoms with E-state index in [1.54, 1.807) is 18.2 Å². The highest BCUT2D eigenvalue weighted by Crippen LogP contribution is 2.20. The van der Waals surface area contributed by atoms with Crippen LogP contribution in [0.4, 0.5) is 11.4 Å². The van der Waals surface area contributed by atoms with Gasteiger partial charge in [0, 0.05) is 21.9 Å². The van der Waals surface area contributed by atoms with E-state index in [0.29, 0.717) is 5.69 Å². The molecule has 3 N–H and O–H groups in total. The number of nitrogens with one attached hydrogen (secondary N) is 1. The Bertz CT molecular complexity index is 648. The molecule has 0 aliphatic heterocycles. The van der Waals surface area contributed by atoms with E-state index in [4.69, 9.17) is 5.73 Å². The standard InChI is InChI=1S/C16H15BrN2O/c1-11-2-6-13(17)10-15(11)19-16(20)9-5-12-3-7-14(18)8-4-12/h2-10H,18H2,1H3,(H,19,20)/b9-5+. The maximum Gasteiger partial charge on any atom is 0.248 e. The molecule has 0 aromatic heterocycles. The van der Waals surface area contributed by atoms with Crippen LogP contribution in [0.15, 0.2) is 53.0 Å². The summed E-state index contributed by atoms with van der Waals surface area (Å²) < 4.78 is 0.931. The Morgan fingerprint density at radius 2 is 1.90 bits per heavy atom. The van der Waals surface area contributed by atoms with Crippen molar-refractivity contribution < 1.29 is 4.79 Å². The Balaban J connectivity index is 2.05. The average molecular weight is 331 g/mol. The van der Waals surface area contributed by atoms with E-state index in [9.17, 15) is 4.79 Å². The maximum atomic E-state index is 11.9. The van der Waals surface area contributed by atoms with E-state index in [2.05, 4.69) is 21.2 Å². The average Bonchev–Trinajstić information content (AvgIpc) is 2.42. The van der Waals surface area contributed by atoms with Crippen molar-refractivity contribution in [3.8, 4) is 0 Å². The van der Waals surface area contributed by atoms with Gasteiger partial charge in [-0.3, -0.25) is 4.79 Å². The molecule has 3 nitrogen and oxygen atoms in total. The number of hydrogen-bond donors (Lipinski definition) is 2. The van der Waals surface area contributed by atoms with Gasteiger partial charge in [0.25, 0.3) is 0 Å². The second kappa shape index (κ2) is 6.39. The lowest BCUT2D eigenvalue weighted by Crippen LogP contribution is -2.08. The molecular weight excluding hydrogens is 316 g/mol. The number of nitrogen functional groups attached to an aromatic ring is 1. The lowest BCUT2D eigenvalue weighted by Gasteiger charge is -2.06. The molecule has 2 aromatic rings. The summed E-state index contributed by atoms with van der Waals surface area (Å²) in [6.45, 7) is 1.95. The molecular formula is C16H15BrN2O. The predicted molar refractivity (Wildman–Crippen MR) is 87.4 cm³/mol. The minimum atomic E-state index is -0.164. The molecule has 0 bridgehead atoms. The zero-order chi connectivity index (χ0) is 14.5. The number of rotatable bonds is 3. The first-order chi connectivity index (χ1) is 9.54. The fourth-order valence-electron chi connectivity index (χ4n) is 1.68. The van der Waals surface area contributed by atoms with Gasteiger partial charge in [0.1, 0.15) is 0 Å². The van der Waals surface area contributed by atoms with Crippen LogP contribution in [0.25, 0.3) is 6.08 Å². The van der Waals surface area contributed by atoms with Crippen molar-refractivity contribution in [2.24, 2.45) is 0 Å². The third-order valence-corrected chi connectivity index (χ3v) is 3.31. The Morgan fingerprint density at radius 1 is 1.20 bits per heavy atom. The van der Waals surface area contributed by atoms with Crippen LogP contribution >= 0.6 is 15.9 Å². The molecule has 0 spiro atoms. The topological polar surface area (TPSA) is 55.1 Å². The highest BCUT2D eigenvalue weighted by atomic mass is 79.9. The van der Waals surface area contributed by atoms with E-state index < -0.39 is 0 Å². The first-order valence-electron chi connectivity index (χ1n) is 6.15. The number of carbonyl (C=O) groups excluding carboxylic acids is 1. The van der Waals surface area contributed by atoms with Gasteiger partial charge in [-0.2, -0.15) is 0 Å². The number of hydrogen-bond acceptors (Lipinski definition) is 2. The number of amides is 1. The SMILES string of the molecule is Cc1ccc(Br)cc1NC(=O)/C=C/c1ccc(N)cc1. The van der Waals surface area contributed by atoms with Gasteiger partial charge in [-0.25, -0.2) is 0 Å². The molecule has 0 saturated heterocycles. The van der Waals surface area contributed by atoms with Crippen molar-refractivity contribution in [2.75, 3.05) is 11.1 Å². The van der Waals surface area contributed by atoms with Crippen molar-refractivity contribution in [2.45, 2.75) is 6.92 Å². The summed E-state index contributed by atoms with van der Waals surface area (Å²) >= 11 is 3.39. The molecule has 2 aromatic carbocycles. The van der Waals surface area contributed by atoms with Gasteiger partial charge in [0.15, 0.2) is 0 Å². The number of nitrogens with two attached hydrogens (primary N) is 1. The molecule has 0 aliphatic rings. The Hall–Kier alpha value is -2.07. The van der Waals surface area contributed by atoms with Gasteiger partial charge in [0.2, 0.25) is 5.91 Å². The first kappa shape index (κ1) is 14.3. The summed E-state index contributed by atoms with van der Waals surface area (Å²) in [5.74, 6) is -0.164. The number of halogens is 1. The van der Waals surface area contributed by atoms with Gasteiger partial charge >= 0.3 is 0 Å². The van der Waals surface area contributed by atoms with E-state index >= 15 is 0 Å². The van der Waals surface area contributed by atoms with Gasteiger partial charge < -0.3 is 11.1 Å². The second-order valence-electron chi connectivity index (χ2n) is 4.45. The molecule has 1 amide bonds. The Labute approximate surface area is 126 Å². The van der Waals surface area contributed by atoms with Crippen molar-refractivity contribution in [1.29, 1.82) is 0 Å². The molecule has 0 fully saturated rings. The first-order valence-corrected chi connectivity index (χ1v) is 6.94. The molecule has 20 heavy (non-hydrogen) atoms. The predicted octanol–water partition coefficient (Wildman–Crippen LogP) is 3.99. The smallest absolute Gasteiger partial charge is 0.248 e. The molecule has 0 heterocycles. The fraction of sp³-hybridized carbons (Fsp3) is 0.0625. The van der Waals surface area contributed by atoms with Crippen LogP contribution in [-0.4, -0.2) is 5.91 Å². The van der Waals surface area contributed by atoms with E-state index in [1.165, 1.54) is 6.08 Å². The van der Waals surface area contributed by atoms with Gasteiger partial charge in [-0.05, 0) is 48.4 Å². The monoisotopic (exact) mass is 330 g/mol. The molecule has 0 unspecified atom stereocenters. The van der Waals surface area contributed by atoms with E-state index in [0.717, 1.165) is 21.3 Å². The van der Waals surface area contributed by atoms with Crippen LogP contribution in [0.5, 0.6) is 0 Å². The summed E-state index contributed by atoms with van der Waals surface area (Å²) in [7, 11) is 0. The van der Waals surface area contributed by atoms with Crippen molar-refractivity contribution in [1.82, 2.24) is 0 Å². The lowest BCUT2D eigenvalue weighted by atomic mass is 10.2. The third-order valence-electron chi connectivity index (χ3n) is 2.82. The van der Waals surface area contributed by atoms with Crippen LogP contribution in [0.3, 0.4) is 0 Å². The van der Waals surface area contributed by atoms with Crippen LogP contribution in [0, 0.1) is 6.92 Å². The minimum Gasteiger partial charge on any atom is -0.399 e. The van der Waals surface area contributed by atoms with E-state index in [-0.39, 0.29) is 5.91 Å². The summed E-state index contributed by atoms with van der Waals surface area (Å²) in [6.07, 6.45) is 3.26. The number of carbonyl (C=O) groups is 1. The minimum absolute atomic E-state index is 0.164. The Kier molecular flexibility index (Phi) is 4.58. The largest absolute Gasteiger partial charge is 0.399 e. The number of anilines is 2. The van der Waals surface area contributed by atoms with Crippen molar-refractivity contribution in [3.05, 3.63) is 64.1 Å². The number of aryl methyl sites for hydroxylation is 1. The quantitative estimate of drug-likeness (QED) is 0.660. The summed E-state index contributed by atoms with van der Waals surface area (Å²) in [5, 5.41) is 2.85. The van der Waals surface area contributed by atoms with E-state index in [1.807, 2.05) is 37.3 Å². The third kappa shape index (κ3) is 3.96. The molecule has 0 radical (unpaired) electrons. The van der Waals surface area contributed by atoms with Crippen molar-refractivity contribution >= 4 is 39.3 Å². The normalized spacial score (nSPS) is 10.7. The number of benzene rings is 2. The second-order valence-corrected chi connectivity index (χ2v) is 5.36. The highest BCUT2D eigenvalue weighted by Gasteiger charge is 2.02.